The van der Waals surface area contributed by atoms with Crippen LogP contribution in [0.15, 0.2) is 28.7 Å². The molecule has 0 saturated heterocycles. The zero-order valence-corrected chi connectivity index (χ0v) is 14.2. The van der Waals surface area contributed by atoms with E-state index in [-0.39, 0.29) is 22.5 Å². The third kappa shape index (κ3) is 1.78. The van der Waals surface area contributed by atoms with Crippen LogP contribution in [0.4, 0.5) is 5.69 Å². The summed E-state index contributed by atoms with van der Waals surface area (Å²) in [5.74, 6) is 0.231. The van der Waals surface area contributed by atoms with Crippen LogP contribution in [0, 0.1) is 16.2 Å². The van der Waals surface area contributed by atoms with Crippen LogP contribution < -0.4 is 5.32 Å². The van der Waals surface area contributed by atoms with Crippen LogP contribution in [0.25, 0.3) is 0 Å². The van der Waals surface area contributed by atoms with E-state index in [1.165, 1.54) is 0 Å². The van der Waals surface area contributed by atoms with E-state index in [2.05, 4.69) is 35.1 Å². The molecular formula is C17H20BrNO2. The maximum atomic E-state index is 12.9. The number of carbonyl (C=O) groups excluding carboxylic acids is 2. The number of carbonyl (C=O) groups is 2. The molecule has 2 atom stereocenters. The van der Waals surface area contributed by atoms with Crippen LogP contribution in [-0.2, 0) is 9.59 Å². The van der Waals surface area contributed by atoms with Crippen LogP contribution in [0.2, 0.25) is 0 Å². The lowest BCUT2D eigenvalue weighted by Crippen LogP contribution is -2.43. The summed E-state index contributed by atoms with van der Waals surface area (Å²) in [5, 5.41) is 3.01. The topological polar surface area (TPSA) is 46.2 Å². The van der Waals surface area contributed by atoms with Crippen molar-refractivity contribution in [3.63, 3.8) is 0 Å². The number of halogens is 1. The van der Waals surface area contributed by atoms with Gasteiger partial charge in [-0.3, -0.25) is 9.59 Å². The minimum atomic E-state index is -0.564. The molecule has 1 aromatic carbocycles. The molecule has 0 aromatic heterocycles. The van der Waals surface area contributed by atoms with Crippen LogP contribution in [0.5, 0.6) is 0 Å². The van der Waals surface area contributed by atoms with Gasteiger partial charge in [-0.25, -0.2) is 0 Å². The van der Waals surface area contributed by atoms with E-state index >= 15 is 0 Å². The lowest BCUT2D eigenvalue weighted by atomic mass is 9.64. The fraction of sp³-hybridized carbons (Fsp3) is 0.529. The summed E-state index contributed by atoms with van der Waals surface area (Å²) in [6, 6.07) is 7.54. The molecule has 2 aliphatic rings. The highest BCUT2D eigenvalue weighted by Gasteiger charge is 2.72. The Kier molecular flexibility index (Phi) is 3.11. The number of nitrogens with one attached hydrogen (secondary N) is 1. The smallest absolute Gasteiger partial charge is 0.231 e. The van der Waals surface area contributed by atoms with Gasteiger partial charge >= 0.3 is 0 Å². The van der Waals surface area contributed by atoms with Gasteiger partial charge in [0.15, 0.2) is 0 Å². The molecule has 21 heavy (non-hydrogen) atoms. The zero-order valence-electron chi connectivity index (χ0n) is 12.6. The molecule has 4 heteroatoms. The maximum absolute atomic E-state index is 12.9. The van der Waals surface area contributed by atoms with Crippen molar-refractivity contribution in [2.75, 3.05) is 5.32 Å². The van der Waals surface area contributed by atoms with E-state index in [1.807, 2.05) is 31.2 Å². The van der Waals surface area contributed by atoms with Gasteiger partial charge in [0.1, 0.15) is 5.78 Å². The van der Waals surface area contributed by atoms with Gasteiger partial charge in [-0.2, -0.15) is 0 Å². The highest BCUT2D eigenvalue weighted by Crippen LogP contribution is 2.70. The Hall–Kier alpha value is -1.16. The molecule has 3 nitrogen and oxygen atoms in total. The number of hydrogen-bond acceptors (Lipinski definition) is 2. The lowest BCUT2D eigenvalue weighted by Gasteiger charge is -2.38. The molecule has 2 unspecified atom stereocenters. The molecular weight excluding hydrogens is 330 g/mol. The monoisotopic (exact) mass is 349 g/mol. The average Bonchev–Trinajstić information content (AvgIpc) is 2.72. The van der Waals surface area contributed by atoms with Crippen molar-refractivity contribution in [1.29, 1.82) is 0 Å². The van der Waals surface area contributed by atoms with Crippen molar-refractivity contribution in [1.82, 2.24) is 0 Å². The Morgan fingerprint density at radius 3 is 2.24 bits per heavy atom. The molecule has 2 saturated carbocycles. The Morgan fingerprint density at radius 1 is 1.14 bits per heavy atom. The minimum absolute atomic E-state index is 0.00982. The van der Waals surface area contributed by atoms with Crippen molar-refractivity contribution in [3.05, 3.63) is 28.7 Å². The molecule has 1 amide bonds. The van der Waals surface area contributed by atoms with E-state index in [0.717, 1.165) is 23.0 Å². The molecule has 2 fully saturated rings. The normalized spacial score (nSPS) is 33.2. The first-order chi connectivity index (χ1) is 9.73. The zero-order chi connectivity index (χ0) is 15.5. The Morgan fingerprint density at radius 2 is 1.76 bits per heavy atom. The fourth-order valence-corrected chi connectivity index (χ4v) is 4.41. The van der Waals surface area contributed by atoms with Gasteiger partial charge in [0.05, 0.1) is 5.41 Å². The number of benzene rings is 1. The predicted octanol–water partition coefficient (Wildman–Crippen LogP) is 4.17. The molecule has 0 aliphatic heterocycles. The third-order valence-electron chi connectivity index (χ3n) is 6.24. The Labute approximate surface area is 133 Å². The van der Waals surface area contributed by atoms with Crippen molar-refractivity contribution >= 4 is 33.3 Å². The number of anilines is 1. The summed E-state index contributed by atoms with van der Waals surface area (Å²) in [4.78, 5) is 25.3. The van der Waals surface area contributed by atoms with Crippen molar-refractivity contribution in [2.24, 2.45) is 16.2 Å². The molecule has 0 heterocycles. The molecule has 0 spiro atoms. The summed E-state index contributed by atoms with van der Waals surface area (Å²) in [6.45, 7) is 6.18. The Bertz CT molecular complexity index is 622. The molecule has 3 rings (SSSR count). The SMILES string of the molecule is CC12CCC(C(=O)Nc3ccc(Br)cc3)(CC1=O)C2(C)C. The first-order valence-corrected chi connectivity index (χ1v) is 8.13. The third-order valence-corrected chi connectivity index (χ3v) is 6.77. The number of ketones is 1. The standard InChI is InChI=1S/C17H20BrNO2/c1-15(2)16(3)8-9-17(15,10-13(16)20)14(21)19-12-6-4-11(18)5-7-12/h4-7H,8-10H2,1-3H3,(H,19,21). The predicted molar refractivity (Wildman–Crippen MR) is 86.0 cm³/mol. The van der Waals surface area contributed by atoms with E-state index in [9.17, 15) is 9.59 Å². The lowest BCUT2D eigenvalue weighted by molar-refractivity contribution is -0.131. The van der Waals surface area contributed by atoms with Crippen molar-refractivity contribution < 1.29 is 9.59 Å². The van der Waals surface area contributed by atoms with Gasteiger partial charge < -0.3 is 5.32 Å². The summed E-state index contributed by atoms with van der Waals surface area (Å²) >= 11 is 3.38. The van der Waals surface area contributed by atoms with Gasteiger partial charge in [-0.1, -0.05) is 36.7 Å². The summed E-state index contributed by atoms with van der Waals surface area (Å²) in [7, 11) is 0. The first kappa shape index (κ1) is 14.8. The number of rotatable bonds is 2. The summed E-state index contributed by atoms with van der Waals surface area (Å²) < 4.78 is 0.975. The highest BCUT2D eigenvalue weighted by atomic mass is 79.9. The number of Topliss-reactive ketones (excluding diaryl/α,β-unsaturated/α-hetero) is 1. The van der Waals surface area contributed by atoms with Crippen LogP contribution >= 0.6 is 15.9 Å². The largest absolute Gasteiger partial charge is 0.326 e. The molecule has 0 radical (unpaired) electrons. The molecule has 2 aliphatic carbocycles. The quantitative estimate of drug-likeness (QED) is 0.870. The van der Waals surface area contributed by atoms with Gasteiger partial charge in [-0.05, 0) is 42.5 Å². The van der Waals surface area contributed by atoms with E-state index in [1.54, 1.807) is 0 Å². The fourth-order valence-electron chi connectivity index (χ4n) is 4.14. The minimum Gasteiger partial charge on any atom is -0.326 e. The number of hydrogen-bond donors (Lipinski definition) is 1. The second kappa shape index (κ2) is 4.42. The van der Waals surface area contributed by atoms with Crippen LogP contribution in [-0.4, -0.2) is 11.7 Å². The molecule has 112 valence electrons. The van der Waals surface area contributed by atoms with Crippen molar-refractivity contribution in [2.45, 2.75) is 40.0 Å². The van der Waals surface area contributed by atoms with E-state index < -0.39 is 5.41 Å². The van der Waals surface area contributed by atoms with Gasteiger partial charge in [0.25, 0.3) is 0 Å². The summed E-state index contributed by atoms with van der Waals surface area (Å²) in [5.41, 5.74) is -0.437. The van der Waals surface area contributed by atoms with Crippen LogP contribution in [0.1, 0.15) is 40.0 Å². The molecule has 1 aromatic rings. The maximum Gasteiger partial charge on any atom is 0.231 e. The van der Waals surface area contributed by atoms with Crippen molar-refractivity contribution in [3.8, 4) is 0 Å². The van der Waals surface area contributed by atoms with Crippen LogP contribution in [0.3, 0.4) is 0 Å². The number of amides is 1. The summed E-state index contributed by atoms with van der Waals surface area (Å²) in [6.07, 6.45) is 1.98. The first-order valence-electron chi connectivity index (χ1n) is 7.33. The Balaban J connectivity index is 1.91. The van der Waals surface area contributed by atoms with Gasteiger partial charge in [0.2, 0.25) is 5.91 Å². The average molecular weight is 350 g/mol. The second-order valence-corrected chi connectivity index (χ2v) is 8.02. The second-order valence-electron chi connectivity index (χ2n) is 7.10. The van der Waals surface area contributed by atoms with Gasteiger partial charge in [0, 0.05) is 22.0 Å². The number of fused-ring (bicyclic) bond motifs is 2. The highest BCUT2D eigenvalue weighted by molar-refractivity contribution is 9.10. The van der Waals surface area contributed by atoms with Gasteiger partial charge in [-0.15, -0.1) is 0 Å². The molecule has 1 N–H and O–H groups in total. The molecule has 2 bridgehead atoms. The van der Waals surface area contributed by atoms with E-state index in [4.69, 9.17) is 0 Å². The van der Waals surface area contributed by atoms with E-state index in [0.29, 0.717) is 6.42 Å².